The fraction of sp³-hybridized carbons (Fsp3) is 0.348. The van der Waals surface area contributed by atoms with Gasteiger partial charge in [-0.25, -0.2) is 0 Å². The van der Waals surface area contributed by atoms with Crippen LogP contribution >= 0.6 is 0 Å². The van der Waals surface area contributed by atoms with Crippen LogP contribution in [0.5, 0.6) is 5.75 Å². The smallest absolute Gasteiger partial charge is 0.119 e. The monoisotopic (exact) mass is 1210 g/mol. The van der Waals surface area contributed by atoms with Crippen molar-refractivity contribution in [3.8, 4) is 5.75 Å². The number of para-hydroxylation sites is 1. The summed E-state index contributed by atoms with van der Waals surface area (Å²) in [5, 5.41) is 2.56. The van der Waals surface area contributed by atoms with Gasteiger partial charge in [-0.2, -0.15) is 0 Å². The van der Waals surface area contributed by atoms with Gasteiger partial charge in [0.25, 0.3) is 0 Å². The van der Waals surface area contributed by atoms with E-state index in [2.05, 4.69) is 244 Å². The quantitative estimate of drug-likeness (QED) is 0.0538. The number of allylic oxidation sites excluding steroid dienone is 26. The van der Waals surface area contributed by atoms with Crippen LogP contribution in [0, 0.1) is 35.0 Å². The van der Waals surface area contributed by atoms with Crippen molar-refractivity contribution in [2.24, 2.45) is 35.0 Å². The molecule has 1 saturated carbocycles. The molecule has 3 nitrogen and oxygen atoms in total. The molecule has 468 valence electrons. The second-order valence-electron chi connectivity index (χ2n) is 28.3. The number of benzene rings is 5. The topological polar surface area (TPSA) is 15.7 Å². The van der Waals surface area contributed by atoms with E-state index in [4.69, 9.17) is 4.74 Å². The number of ether oxygens (including phenoxy) is 1. The average Bonchev–Trinajstić information content (AvgIpc) is 1.55. The number of hydrogen-bond acceptors (Lipinski definition) is 3. The van der Waals surface area contributed by atoms with E-state index in [1.807, 2.05) is 12.2 Å². The Balaban J connectivity index is 0.727. The first-order valence-corrected chi connectivity index (χ1v) is 35.5. The minimum absolute atomic E-state index is 0.0901. The van der Waals surface area contributed by atoms with Crippen LogP contribution in [0.1, 0.15) is 165 Å². The summed E-state index contributed by atoms with van der Waals surface area (Å²) < 4.78 is 6.62. The van der Waals surface area contributed by atoms with Gasteiger partial charge in [0, 0.05) is 45.8 Å². The molecule has 5 aromatic carbocycles. The summed E-state index contributed by atoms with van der Waals surface area (Å²) in [6, 6.07) is 44.5. The highest BCUT2D eigenvalue weighted by molar-refractivity contribution is 5.85. The van der Waals surface area contributed by atoms with E-state index in [1.54, 1.807) is 11.1 Å². The zero-order valence-corrected chi connectivity index (χ0v) is 55.0. The van der Waals surface area contributed by atoms with Crippen LogP contribution in [0.15, 0.2) is 283 Å². The molecule has 9 aliphatic rings. The van der Waals surface area contributed by atoms with Crippen molar-refractivity contribution >= 4 is 39.0 Å². The summed E-state index contributed by atoms with van der Waals surface area (Å²) in [5.74, 6) is 3.95. The maximum absolute atomic E-state index is 6.62. The Morgan fingerprint density at radius 3 is 2.28 bits per heavy atom. The third kappa shape index (κ3) is 12.4. The predicted octanol–water partition coefficient (Wildman–Crippen LogP) is 24.2. The van der Waals surface area contributed by atoms with Crippen molar-refractivity contribution in [3.63, 3.8) is 0 Å². The summed E-state index contributed by atoms with van der Waals surface area (Å²) in [4.78, 5) is 5.28. The van der Waals surface area contributed by atoms with Gasteiger partial charge in [-0.3, -0.25) is 0 Å². The number of nitrogens with zero attached hydrogens (tertiary/aromatic N) is 2. The third-order valence-corrected chi connectivity index (χ3v) is 23.0. The Morgan fingerprint density at radius 2 is 1.53 bits per heavy atom. The average molecular weight is 1210 g/mol. The Bertz CT molecular complexity index is 4000. The summed E-state index contributed by atoms with van der Waals surface area (Å²) in [6.45, 7) is 18.0. The highest BCUT2D eigenvalue weighted by atomic mass is 16.5. The molecule has 8 aliphatic carbocycles. The number of rotatable bonds is 21. The van der Waals surface area contributed by atoms with Gasteiger partial charge in [0.2, 0.25) is 0 Å². The van der Waals surface area contributed by atoms with Gasteiger partial charge in [0.1, 0.15) is 5.75 Å². The van der Waals surface area contributed by atoms with E-state index < -0.39 is 0 Å². The molecule has 3 heteroatoms. The first kappa shape index (κ1) is 61.4. The molecule has 0 spiro atoms. The third-order valence-electron chi connectivity index (χ3n) is 23.0. The number of fused-ring (bicyclic) bond motifs is 4. The van der Waals surface area contributed by atoms with Gasteiger partial charge in [-0.15, -0.1) is 0 Å². The molecule has 8 atom stereocenters. The van der Waals surface area contributed by atoms with Crippen LogP contribution in [0.2, 0.25) is 0 Å². The lowest BCUT2D eigenvalue weighted by molar-refractivity contribution is 0.0779. The second-order valence-corrected chi connectivity index (χ2v) is 28.3. The van der Waals surface area contributed by atoms with E-state index in [9.17, 15) is 0 Å². The largest absolute Gasteiger partial charge is 0.493 e. The van der Waals surface area contributed by atoms with Crippen molar-refractivity contribution in [1.29, 1.82) is 0 Å². The molecule has 0 radical (unpaired) electrons. The van der Waals surface area contributed by atoms with Crippen LogP contribution in [-0.2, 0) is 0 Å². The fourth-order valence-corrected chi connectivity index (χ4v) is 18.2. The molecule has 0 N–H and O–H groups in total. The van der Waals surface area contributed by atoms with Crippen molar-refractivity contribution in [1.82, 2.24) is 0 Å². The lowest BCUT2D eigenvalue weighted by atomic mass is 9.56. The van der Waals surface area contributed by atoms with E-state index in [0.717, 1.165) is 56.5 Å². The number of hydrogen-bond donors (Lipinski definition) is 0. The lowest BCUT2D eigenvalue weighted by Crippen LogP contribution is -2.45. The standard InChI is InChI=1S/C89H96N2O/c1-6-64-31-35-70(36-32-64)72-39-40-74-57-81(52-45-73(74)56-72)92-61-62(4)22-20-21-55-89(76-25-14-10-15-26-76)86-30-19-18-29-82(86)83-53-51-80(60-87(83)89)91(79-49-43-69(44-50-79)67-23-12-9-13-24-67)78-47-41-68(42-48-78)66(8-3)58-84-63(5)90(77-27-16-11-17-28-77)88-54-46-75(59-85(84)88)71-37-33-65(7-2)34-38-71/h6-8,10-11,14-17,19,23,25,27-28,30-31,33,37,39-50,52,54,56-58,62,70,76,80,83,85,87H,1-3,9,12-13,18,20-22,24,26,29,32,34-36,38,51,53,55,59-61H2,4-5H3/b66-58+. The molecule has 1 aliphatic heterocycles. The van der Waals surface area contributed by atoms with E-state index in [-0.39, 0.29) is 11.3 Å². The SMILES string of the molecule is C=CC1=CC=C(C2=CC=C3C(C2)C(/C=C(\C=C)c2ccc(N(c4ccc(C5=CCCCC5)cc4)C4CCC5C6=C(C=CCC6)C(CCCCC(C)COc6ccc7cc(C8CC=C(C=C)CC8)ccc7c6)(C6C=CC=CC6)C5C4)cc2)=C(C)N3c2ccccc2)CC1. The maximum Gasteiger partial charge on any atom is 0.119 e. The van der Waals surface area contributed by atoms with Crippen molar-refractivity contribution < 1.29 is 4.74 Å². The second kappa shape index (κ2) is 27.6. The molecule has 0 amide bonds. The van der Waals surface area contributed by atoms with Crippen LogP contribution in [0.25, 0.3) is 21.9 Å². The minimum Gasteiger partial charge on any atom is -0.493 e. The summed E-state index contributed by atoms with van der Waals surface area (Å²) in [7, 11) is 0. The molecule has 0 saturated heterocycles. The van der Waals surface area contributed by atoms with E-state index in [0.29, 0.717) is 35.6 Å². The zero-order valence-electron chi connectivity index (χ0n) is 55.0. The van der Waals surface area contributed by atoms with Crippen LogP contribution < -0.4 is 14.5 Å². The van der Waals surface area contributed by atoms with Gasteiger partial charge in [-0.05, 0) is 279 Å². The number of unbranched alkanes of at least 4 members (excludes halogenated alkanes) is 1. The molecular formula is C89H96N2O. The highest BCUT2D eigenvalue weighted by Gasteiger charge is 2.57. The Hall–Kier alpha value is -8.14. The van der Waals surface area contributed by atoms with Crippen LogP contribution in [-0.4, -0.2) is 12.6 Å². The zero-order chi connectivity index (χ0) is 62.5. The van der Waals surface area contributed by atoms with E-state index in [1.165, 1.54) is 179 Å². The minimum atomic E-state index is 0.0901. The van der Waals surface area contributed by atoms with E-state index >= 15 is 0 Å². The molecule has 8 unspecified atom stereocenters. The molecule has 92 heavy (non-hydrogen) atoms. The van der Waals surface area contributed by atoms with Gasteiger partial charge >= 0.3 is 0 Å². The Kier molecular flexibility index (Phi) is 18.4. The maximum atomic E-state index is 6.62. The fourth-order valence-electron chi connectivity index (χ4n) is 18.2. The molecule has 1 fully saturated rings. The van der Waals surface area contributed by atoms with Crippen LogP contribution in [0.4, 0.5) is 17.1 Å². The lowest BCUT2D eigenvalue weighted by Gasteiger charge is -2.50. The van der Waals surface area contributed by atoms with Crippen molar-refractivity contribution in [2.45, 2.75) is 154 Å². The normalized spacial score (nSPS) is 25.6. The molecule has 5 aromatic rings. The van der Waals surface area contributed by atoms with Gasteiger partial charge in [0.15, 0.2) is 0 Å². The van der Waals surface area contributed by atoms with Gasteiger partial charge in [0.05, 0.1) is 6.61 Å². The number of anilines is 3. The van der Waals surface area contributed by atoms with Crippen LogP contribution in [0.3, 0.4) is 0 Å². The highest BCUT2D eigenvalue weighted by Crippen LogP contribution is 2.66. The molecule has 14 rings (SSSR count). The summed E-state index contributed by atoms with van der Waals surface area (Å²) in [5.41, 5.74) is 23.7. The molecule has 1 heterocycles. The summed E-state index contributed by atoms with van der Waals surface area (Å²) >= 11 is 0. The molecule has 0 aromatic heterocycles. The van der Waals surface area contributed by atoms with Gasteiger partial charge < -0.3 is 14.5 Å². The summed E-state index contributed by atoms with van der Waals surface area (Å²) in [6.07, 6.45) is 61.2. The molecular weight excluding hydrogens is 1110 g/mol. The Labute approximate surface area is 551 Å². The van der Waals surface area contributed by atoms with Gasteiger partial charge in [-0.1, -0.05) is 202 Å². The first-order chi connectivity index (χ1) is 45.3. The molecule has 0 bridgehead atoms. The van der Waals surface area contributed by atoms with Crippen molar-refractivity contribution in [3.05, 3.63) is 299 Å². The predicted molar refractivity (Wildman–Crippen MR) is 392 cm³/mol. The van der Waals surface area contributed by atoms with Crippen molar-refractivity contribution in [2.75, 3.05) is 16.4 Å². The first-order valence-electron chi connectivity index (χ1n) is 35.5. The Morgan fingerprint density at radius 1 is 0.717 bits per heavy atom.